The third kappa shape index (κ3) is 6.30. The lowest BCUT2D eigenvalue weighted by Crippen LogP contribution is -2.42. The van der Waals surface area contributed by atoms with Gasteiger partial charge < -0.3 is 20.5 Å². The molecule has 1 unspecified atom stereocenters. The molecule has 0 aromatic heterocycles. The molecule has 0 radical (unpaired) electrons. The van der Waals surface area contributed by atoms with E-state index in [0.29, 0.717) is 17.9 Å². The number of rotatable bonds is 11. The lowest BCUT2D eigenvalue weighted by atomic mass is 9.93. The van der Waals surface area contributed by atoms with Crippen molar-refractivity contribution in [2.24, 2.45) is 16.6 Å². The Hall–Kier alpha value is -1.95. The van der Waals surface area contributed by atoms with Crippen LogP contribution < -0.4 is 20.5 Å². The molecule has 1 atom stereocenters. The maximum absolute atomic E-state index is 6.15. The molecule has 0 bridgehead atoms. The molecule has 1 aliphatic heterocycles. The molecule has 0 saturated carbocycles. The van der Waals surface area contributed by atoms with Gasteiger partial charge in [-0.25, -0.2) is 0 Å². The van der Waals surface area contributed by atoms with Crippen LogP contribution in [0.5, 0.6) is 11.5 Å². The second kappa shape index (κ2) is 11.8. The van der Waals surface area contributed by atoms with E-state index in [2.05, 4.69) is 29.1 Å². The quantitative estimate of drug-likeness (QED) is 0.449. The van der Waals surface area contributed by atoms with E-state index in [0.717, 1.165) is 31.0 Å². The van der Waals surface area contributed by atoms with E-state index in [4.69, 9.17) is 15.2 Å². The third-order valence-electron chi connectivity index (χ3n) is 5.82. The fourth-order valence-corrected chi connectivity index (χ4v) is 4.09. The average Bonchev–Trinajstić information content (AvgIpc) is 3.25. The van der Waals surface area contributed by atoms with Crippen LogP contribution in [0.2, 0.25) is 0 Å². The minimum atomic E-state index is 0.503. The van der Waals surface area contributed by atoms with Gasteiger partial charge in [-0.1, -0.05) is 32.8 Å². The zero-order valence-electron chi connectivity index (χ0n) is 18.0. The molecule has 1 aromatic carbocycles. The monoisotopic (exact) mass is 390 g/mol. The largest absolute Gasteiger partial charge is 0.493 e. The Morgan fingerprint density at radius 2 is 1.82 bits per heavy atom. The second-order valence-electron chi connectivity index (χ2n) is 7.48. The number of nitrogens with zero attached hydrogens (tertiary/aromatic N) is 2. The topological polar surface area (TPSA) is 72.1 Å². The number of hydrogen-bond donors (Lipinski definition) is 2. The van der Waals surface area contributed by atoms with E-state index < -0.39 is 0 Å². The van der Waals surface area contributed by atoms with Crippen molar-refractivity contribution >= 4 is 5.96 Å². The first-order valence-electron chi connectivity index (χ1n) is 10.6. The fraction of sp³-hybridized carbons (Fsp3) is 0.682. The standard InChI is InChI=1S/C22H38N4O2/c1-5-18(6-2)19(26-13-7-8-14-26)16-25-22(23)24-12-11-17-9-10-20(27-3)21(15-17)28-4/h9-10,15,18-19H,5-8,11-14,16H2,1-4H3,(H3,23,24,25). The minimum Gasteiger partial charge on any atom is -0.493 e. The van der Waals surface area contributed by atoms with E-state index in [-0.39, 0.29) is 0 Å². The Morgan fingerprint density at radius 1 is 1.14 bits per heavy atom. The summed E-state index contributed by atoms with van der Waals surface area (Å²) >= 11 is 0. The Kier molecular flexibility index (Phi) is 9.41. The highest BCUT2D eigenvalue weighted by Crippen LogP contribution is 2.27. The Labute approximate surface area is 170 Å². The van der Waals surface area contributed by atoms with Crippen molar-refractivity contribution in [3.05, 3.63) is 23.8 Å². The van der Waals surface area contributed by atoms with Crippen LogP contribution in [0.1, 0.15) is 45.1 Å². The summed E-state index contributed by atoms with van der Waals surface area (Å²) in [6, 6.07) is 6.49. The van der Waals surface area contributed by atoms with Crippen LogP contribution in [0.3, 0.4) is 0 Å². The van der Waals surface area contributed by atoms with Gasteiger partial charge in [-0.05, 0) is 56.0 Å². The number of likely N-dealkylation sites (tertiary alicyclic amines) is 1. The molecule has 1 saturated heterocycles. The molecule has 6 heteroatoms. The normalized spacial score (nSPS) is 16.4. The number of aliphatic imine (C=N–C) groups is 1. The maximum Gasteiger partial charge on any atom is 0.188 e. The number of methoxy groups -OCH3 is 2. The van der Waals surface area contributed by atoms with E-state index in [1.165, 1.54) is 44.3 Å². The lowest BCUT2D eigenvalue weighted by molar-refractivity contribution is 0.172. The van der Waals surface area contributed by atoms with E-state index >= 15 is 0 Å². The highest BCUT2D eigenvalue weighted by Gasteiger charge is 2.27. The summed E-state index contributed by atoms with van der Waals surface area (Å²) in [6.45, 7) is 8.48. The zero-order chi connectivity index (χ0) is 20.4. The fourth-order valence-electron chi connectivity index (χ4n) is 4.09. The second-order valence-corrected chi connectivity index (χ2v) is 7.48. The van der Waals surface area contributed by atoms with E-state index in [1.54, 1.807) is 14.2 Å². The summed E-state index contributed by atoms with van der Waals surface area (Å²) < 4.78 is 10.6. The van der Waals surface area contributed by atoms with Gasteiger partial charge in [-0.2, -0.15) is 0 Å². The minimum absolute atomic E-state index is 0.503. The maximum atomic E-state index is 6.15. The molecule has 1 heterocycles. The first-order chi connectivity index (χ1) is 13.6. The molecule has 1 aromatic rings. The molecule has 6 nitrogen and oxygen atoms in total. The van der Waals surface area contributed by atoms with Crippen molar-refractivity contribution in [3.63, 3.8) is 0 Å². The van der Waals surface area contributed by atoms with Gasteiger partial charge in [0.05, 0.1) is 20.8 Å². The van der Waals surface area contributed by atoms with Gasteiger partial charge in [-0.3, -0.25) is 9.89 Å². The number of nitrogens with two attached hydrogens (primary N) is 1. The number of benzene rings is 1. The van der Waals surface area contributed by atoms with Gasteiger partial charge in [0, 0.05) is 12.6 Å². The summed E-state index contributed by atoms with van der Waals surface area (Å²) in [5, 5.41) is 3.26. The van der Waals surface area contributed by atoms with Crippen molar-refractivity contribution in [3.8, 4) is 11.5 Å². The van der Waals surface area contributed by atoms with Crippen LogP contribution in [0.25, 0.3) is 0 Å². The number of hydrogen-bond acceptors (Lipinski definition) is 4. The molecule has 158 valence electrons. The Bertz CT molecular complexity index is 609. The van der Waals surface area contributed by atoms with E-state index in [9.17, 15) is 0 Å². The van der Waals surface area contributed by atoms with Gasteiger partial charge in [0.2, 0.25) is 0 Å². The third-order valence-corrected chi connectivity index (χ3v) is 5.82. The predicted molar refractivity (Wildman–Crippen MR) is 116 cm³/mol. The predicted octanol–water partition coefficient (Wildman–Crippen LogP) is 3.05. The highest BCUT2D eigenvalue weighted by molar-refractivity contribution is 5.77. The first-order valence-corrected chi connectivity index (χ1v) is 10.6. The van der Waals surface area contributed by atoms with E-state index in [1.807, 2.05) is 18.2 Å². The molecular formula is C22H38N4O2. The van der Waals surface area contributed by atoms with Crippen LogP contribution in [-0.2, 0) is 6.42 Å². The average molecular weight is 391 g/mol. The lowest BCUT2D eigenvalue weighted by Gasteiger charge is -2.32. The molecule has 3 N–H and O–H groups in total. The molecule has 1 aliphatic rings. The molecule has 0 spiro atoms. The molecule has 1 fully saturated rings. The molecular weight excluding hydrogens is 352 g/mol. The van der Waals surface area contributed by atoms with Crippen LogP contribution >= 0.6 is 0 Å². The van der Waals surface area contributed by atoms with Crippen molar-refractivity contribution < 1.29 is 9.47 Å². The zero-order valence-corrected chi connectivity index (χ0v) is 18.0. The SMILES string of the molecule is CCC(CC)C(CN=C(N)NCCc1ccc(OC)c(OC)c1)N1CCCC1. The van der Waals surface area contributed by atoms with Crippen LogP contribution in [-0.4, -0.2) is 57.3 Å². The van der Waals surface area contributed by atoms with Gasteiger partial charge in [0.15, 0.2) is 17.5 Å². The van der Waals surface area contributed by atoms with Gasteiger partial charge in [0.1, 0.15) is 0 Å². The first kappa shape index (κ1) is 22.3. The van der Waals surface area contributed by atoms with Crippen LogP contribution in [0.15, 0.2) is 23.2 Å². The summed E-state index contributed by atoms with van der Waals surface area (Å²) in [5.41, 5.74) is 7.32. The Balaban J connectivity index is 1.87. The van der Waals surface area contributed by atoms with Crippen molar-refractivity contribution in [2.75, 3.05) is 40.4 Å². The summed E-state index contributed by atoms with van der Waals surface area (Å²) in [6.07, 6.45) is 5.84. The molecule has 2 rings (SSSR count). The number of nitrogens with one attached hydrogen (secondary N) is 1. The number of ether oxygens (including phenoxy) is 2. The van der Waals surface area contributed by atoms with Crippen LogP contribution in [0, 0.1) is 5.92 Å². The summed E-state index contributed by atoms with van der Waals surface area (Å²) in [4.78, 5) is 7.28. The van der Waals surface area contributed by atoms with Crippen molar-refractivity contribution in [2.45, 2.75) is 52.0 Å². The van der Waals surface area contributed by atoms with Crippen LogP contribution in [0.4, 0.5) is 0 Å². The van der Waals surface area contributed by atoms with Gasteiger partial charge in [0.25, 0.3) is 0 Å². The summed E-state index contributed by atoms with van der Waals surface area (Å²) in [5.74, 6) is 2.71. The van der Waals surface area contributed by atoms with Crippen molar-refractivity contribution in [1.29, 1.82) is 0 Å². The molecule has 0 amide bonds. The smallest absolute Gasteiger partial charge is 0.188 e. The molecule has 0 aliphatic carbocycles. The van der Waals surface area contributed by atoms with Gasteiger partial charge in [-0.15, -0.1) is 0 Å². The molecule has 28 heavy (non-hydrogen) atoms. The number of guanidine groups is 1. The Morgan fingerprint density at radius 3 is 2.43 bits per heavy atom. The van der Waals surface area contributed by atoms with Crippen molar-refractivity contribution in [1.82, 2.24) is 10.2 Å². The summed E-state index contributed by atoms with van der Waals surface area (Å²) in [7, 11) is 3.30. The van der Waals surface area contributed by atoms with Gasteiger partial charge >= 0.3 is 0 Å². The highest BCUT2D eigenvalue weighted by atomic mass is 16.5.